The molecule has 32 heavy (non-hydrogen) atoms. The van der Waals surface area contributed by atoms with E-state index in [1.54, 1.807) is 19.1 Å². The number of para-hydroxylation sites is 2. The lowest BCUT2D eigenvalue weighted by Gasteiger charge is -2.08. The van der Waals surface area contributed by atoms with Gasteiger partial charge in [-0.15, -0.1) is 0 Å². The molecule has 0 aliphatic heterocycles. The molecule has 158 valence electrons. The summed E-state index contributed by atoms with van der Waals surface area (Å²) in [5, 5.41) is 6.88. The number of fused-ring (bicyclic) bond motifs is 1. The van der Waals surface area contributed by atoms with Crippen LogP contribution in [0.15, 0.2) is 77.3 Å². The Morgan fingerprint density at radius 2 is 1.66 bits per heavy atom. The average Bonchev–Trinajstić information content (AvgIpc) is 3.35. The summed E-state index contributed by atoms with van der Waals surface area (Å²) >= 11 is 0. The van der Waals surface area contributed by atoms with E-state index in [9.17, 15) is 9.18 Å². The van der Waals surface area contributed by atoms with Crippen molar-refractivity contribution in [3.63, 3.8) is 0 Å². The van der Waals surface area contributed by atoms with Crippen LogP contribution >= 0.6 is 0 Å². The molecule has 7 heteroatoms. The molecule has 0 spiro atoms. The summed E-state index contributed by atoms with van der Waals surface area (Å²) in [5.41, 5.74) is 4.84. The molecule has 0 aliphatic carbocycles. The van der Waals surface area contributed by atoms with Crippen LogP contribution in [0.3, 0.4) is 0 Å². The maximum atomic E-state index is 13.3. The molecule has 2 heterocycles. The first-order valence-corrected chi connectivity index (χ1v) is 10.1. The van der Waals surface area contributed by atoms with Gasteiger partial charge in [-0.25, -0.2) is 9.37 Å². The lowest BCUT2D eigenvalue weighted by atomic mass is 10.1. The minimum Gasteiger partial charge on any atom is -0.360 e. The predicted octanol–water partition coefficient (Wildman–Crippen LogP) is 5.60. The van der Waals surface area contributed by atoms with Crippen molar-refractivity contribution in [2.75, 3.05) is 5.32 Å². The highest BCUT2D eigenvalue weighted by molar-refractivity contribution is 6.08. The van der Waals surface area contributed by atoms with E-state index in [1.807, 2.05) is 60.1 Å². The Hall–Kier alpha value is -4.26. The molecule has 0 fully saturated rings. The summed E-state index contributed by atoms with van der Waals surface area (Å²) in [4.78, 5) is 17.7. The molecule has 2 aromatic heterocycles. The number of aryl methyl sites for hydroxylation is 2. The fourth-order valence-electron chi connectivity index (χ4n) is 3.74. The molecule has 5 rings (SSSR count). The summed E-state index contributed by atoms with van der Waals surface area (Å²) < 4.78 is 20.5. The first kappa shape index (κ1) is 19.7. The minimum absolute atomic E-state index is 0.316. The summed E-state index contributed by atoms with van der Waals surface area (Å²) in [6.45, 7) is 1.67. The van der Waals surface area contributed by atoms with Gasteiger partial charge in [-0.05, 0) is 67.6 Å². The third kappa shape index (κ3) is 3.43. The van der Waals surface area contributed by atoms with Gasteiger partial charge in [0, 0.05) is 23.9 Å². The summed E-state index contributed by atoms with van der Waals surface area (Å²) in [6, 6.07) is 21.2. The average molecular weight is 426 g/mol. The Morgan fingerprint density at radius 3 is 2.38 bits per heavy atom. The molecule has 0 bridgehead atoms. The molecule has 5 aromatic rings. The van der Waals surface area contributed by atoms with E-state index in [1.165, 1.54) is 12.1 Å². The van der Waals surface area contributed by atoms with E-state index in [0.29, 0.717) is 28.3 Å². The molecule has 0 atom stereocenters. The second-order valence-corrected chi connectivity index (χ2v) is 7.48. The first-order valence-electron chi connectivity index (χ1n) is 10.1. The number of hydrogen-bond acceptors (Lipinski definition) is 4. The third-order valence-corrected chi connectivity index (χ3v) is 5.40. The summed E-state index contributed by atoms with van der Waals surface area (Å²) in [6.07, 6.45) is 0. The number of rotatable bonds is 4. The zero-order valence-corrected chi connectivity index (χ0v) is 17.5. The van der Waals surface area contributed by atoms with Crippen molar-refractivity contribution in [1.82, 2.24) is 14.7 Å². The quantitative estimate of drug-likeness (QED) is 0.406. The Balaban J connectivity index is 1.41. The highest BCUT2D eigenvalue weighted by Gasteiger charge is 2.22. The molecule has 1 amide bonds. The Kier molecular flexibility index (Phi) is 4.78. The number of carbonyl (C=O) groups excluding carboxylic acids is 1. The van der Waals surface area contributed by atoms with E-state index in [4.69, 9.17) is 9.51 Å². The number of anilines is 1. The van der Waals surface area contributed by atoms with Gasteiger partial charge in [-0.3, -0.25) is 4.79 Å². The lowest BCUT2D eigenvalue weighted by Crippen LogP contribution is -2.13. The standard InChI is InChI=1S/C25H19FN4O2/c1-15-22(23(29-32-15)16-7-11-18(26)12-8-16)25(31)27-19-13-9-17(10-14-19)24-28-20-5-3-4-6-21(20)30(24)2/h3-14H,1-2H3,(H,27,31). The monoisotopic (exact) mass is 426 g/mol. The van der Waals surface area contributed by atoms with Gasteiger partial charge in [0.2, 0.25) is 0 Å². The Morgan fingerprint density at radius 1 is 0.969 bits per heavy atom. The van der Waals surface area contributed by atoms with E-state index >= 15 is 0 Å². The lowest BCUT2D eigenvalue weighted by molar-refractivity contribution is 0.102. The Bertz CT molecular complexity index is 1430. The van der Waals surface area contributed by atoms with Crippen LogP contribution in [-0.4, -0.2) is 20.6 Å². The van der Waals surface area contributed by atoms with Gasteiger partial charge >= 0.3 is 0 Å². The molecule has 6 nitrogen and oxygen atoms in total. The molecule has 1 N–H and O–H groups in total. The van der Waals surface area contributed by atoms with Crippen molar-refractivity contribution in [2.24, 2.45) is 7.05 Å². The Labute approximate surface area is 183 Å². The van der Waals surface area contributed by atoms with Crippen molar-refractivity contribution >= 4 is 22.6 Å². The van der Waals surface area contributed by atoms with Crippen molar-refractivity contribution in [3.8, 4) is 22.6 Å². The first-order chi connectivity index (χ1) is 15.5. The fraction of sp³-hybridized carbons (Fsp3) is 0.0800. The van der Waals surface area contributed by atoms with E-state index in [2.05, 4.69) is 10.5 Å². The number of nitrogens with zero attached hydrogens (tertiary/aromatic N) is 3. The minimum atomic E-state index is -0.360. The molecule has 0 aliphatic rings. The molecule has 0 radical (unpaired) electrons. The van der Waals surface area contributed by atoms with Crippen LogP contribution in [0.25, 0.3) is 33.7 Å². The number of nitrogens with one attached hydrogen (secondary N) is 1. The van der Waals surface area contributed by atoms with Crippen LogP contribution in [0, 0.1) is 12.7 Å². The molecular formula is C25H19FN4O2. The highest BCUT2D eigenvalue weighted by Crippen LogP contribution is 2.28. The van der Waals surface area contributed by atoms with Gasteiger partial charge in [-0.2, -0.15) is 0 Å². The normalized spacial score (nSPS) is 11.1. The van der Waals surface area contributed by atoms with Gasteiger partial charge in [0.15, 0.2) is 0 Å². The SMILES string of the molecule is Cc1onc(-c2ccc(F)cc2)c1C(=O)Nc1ccc(-c2nc3ccccc3n2C)cc1. The van der Waals surface area contributed by atoms with Gasteiger partial charge in [0.1, 0.15) is 28.7 Å². The second-order valence-electron chi connectivity index (χ2n) is 7.48. The van der Waals surface area contributed by atoms with Crippen molar-refractivity contribution in [3.05, 3.63) is 89.9 Å². The number of carbonyl (C=O) groups is 1. The topological polar surface area (TPSA) is 73.0 Å². The van der Waals surface area contributed by atoms with Gasteiger partial charge in [0.05, 0.1) is 11.0 Å². The number of benzene rings is 3. The summed E-state index contributed by atoms with van der Waals surface area (Å²) in [5.74, 6) is 0.523. The zero-order valence-electron chi connectivity index (χ0n) is 17.5. The highest BCUT2D eigenvalue weighted by atomic mass is 19.1. The van der Waals surface area contributed by atoms with Crippen LogP contribution < -0.4 is 5.32 Å². The zero-order chi connectivity index (χ0) is 22.2. The number of imidazole rings is 1. The van der Waals surface area contributed by atoms with Crippen LogP contribution in [-0.2, 0) is 7.05 Å². The summed E-state index contributed by atoms with van der Waals surface area (Å²) in [7, 11) is 1.98. The largest absolute Gasteiger partial charge is 0.360 e. The van der Waals surface area contributed by atoms with Crippen molar-refractivity contribution in [2.45, 2.75) is 6.92 Å². The molecule has 3 aromatic carbocycles. The van der Waals surface area contributed by atoms with Crippen LogP contribution in [0.5, 0.6) is 0 Å². The van der Waals surface area contributed by atoms with Gasteiger partial charge < -0.3 is 14.4 Å². The predicted molar refractivity (Wildman–Crippen MR) is 121 cm³/mol. The molecular weight excluding hydrogens is 407 g/mol. The third-order valence-electron chi connectivity index (χ3n) is 5.40. The number of amides is 1. The van der Waals surface area contributed by atoms with Crippen LogP contribution in [0.1, 0.15) is 16.1 Å². The van der Waals surface area contributed by atoms with E-state index in [0.717, 1.165) is 22.4 Å². The smallest absolute Gasteiger partial charge is 0.261 e. The fourth-order valence-corrected chi connectivity index (χ4v) is 3.74. The van der Waals surface area contributed by atoms with Gasteiger partial charge in [-0.1, -0.05) is 17.3 Å². The maximum absolute atomic E-state index is 13.3. The van der Waals surface area contributed by atoms with Crippen molar-refractivity contribution in [1.29, 1.82) is 0 Å². The van der Waals surface area contributed by atoms with Gasteiger partial charge in [0.25, 0.3) is 5.91 Å². The molecule has 0 unspecified atom stereocenters. The molecule has 0 saturated heterocycles. The number of halogens is 1. The number of aromatic nitrogens is 3. The molecule has 0 saturated carbocycles. The van der Waals surface area contributed by atoms with E-state index in [-0.39, 0.29) is 11.7 Å². The van der Waals surface area contributed by atoms with Crippen LogP contribution in [0.2, 0.25) is 0 Å². The number of hydrogen-bond donors (Lipinski definition) is 1. The maximum Gasteiger partial charge on any atom is 0.261 e. The van der Waals surface area contributed by atoms with Crippen molar-refractivity contribution < 1.29 is 13.7 Å². The second kappa shape index (κ2) is 7.77. The van der Waals surface area contributed by atoms with Crippen LogP contribution in [0.4, 0.5) is 10.1 Å². The van der Waals surface area contributed by atoms with E-state index < -0.39 is 0 Å².